The van der Waals surface area contributed by atoms with Gasteiger partial charge in [0, 0.05) is 17.8 Å². The number of hydrogen-bond acceptors (Lipinski definition) is 4. The van der Waals surface area contributed by atoms with Crippen molar-refractivity contribution in [2.75, 3.05) is 18.6 Å². The molecule has 6 heteroatoms. The summed E-state index contributed by atoms with van der Waals surface area (Å²) in [6.07, 6.45) is 5.08. The molecule has 14 heavy (non-hydrogen) atoms. The van der Waals surface area contributed by atoms with Gasteiger partial charge in [-0.15, -0.1) is 0 Å². The van der Waals surface area contributed by atoms with Gasteiger partial charge in [0.05, 0.1) is 5.75 Å². The lowest BCUT2D eigenvalue weighted by Crippen LogP contribution is -2.36. The second-order valence-electron chi connectivity index (χ2n) is 3.59. The fraction of sp³-hybridized carbons (Fsp3) is 1.00. The van der Waals surface area contributed by atoms with Crippen molar-refractivity contribution in [1.82, 2.24) is 4.72 Å². The zero-order chi connectivity index (χ0) is 10.6. The SMILES string of the molecule is CSC1CCC(NS(=O)(=O)CCN)C1. The molecule has 3 N–H and O–H groups in total. The van der Waals surface area contributed by atoms with Crippen LogP contribution < -0.4 is 10.5 Å². The number of hydrogen-bond donors (Lipinski definition) is 2. The Bertz CT molecular complexity index is 267. The topological polar surface area (TPSA) is 72.2 Å². The van der Waals surface area contributed by atoms with Crippen molar-refractivity contribution < 1.29 is 8.42 Å². The molecule has 0 aromatic carbocycles. The van der Waals surface area contributed by atoms with Crippen LogP contribution in [0.3, 0.4) is 0 Å². The Balaban J connectivity index is 2.39. The van der Waals surface area contributed by atoms with Crippen LogP contribution in [0.15, 0.2) is 0 Å². The van der Waals surface area contributed by atoms with E-state index in [1.165, 1.54) is 0 Å². The van der Waals surface area contributed by atoms with E-state index >= 15 is 0 Å². The summed E-state index contributed by atoms with van der Waals surface area (Å²) in [5.41, 5.74) is 5.22. The molecule has 0 aliphatic heterocycles. The molecule has 2 atom stereocenters. The summed E-state index contributed by atoms with van der Waals surface area (Å²) >= 11 is 1.82. The van der Waals surface area contributed by atoms with Crippen molar-refractivity contribution in [1.29, 1.82) is 0 Å². The molecule has 0 amide bonds. The smallest absolute Gasteiger partial charge is 0.213 e. The lowest BCUT2D eigenvalue weighted by Gasteiger charge is -2.12. The van der Waals surface area contributed by atoms with Gasteiger partial charge in [-0.25, -0.2) is 13.1 Å². The van der Waals surface area contributed by atoms with Gasteiger partial charge in [-0.05, 0) is 25.5 Å². The van der Waals surface area contributed by atoms with Crippen molar-refractivity contribution in [3.63, 3.8) is 0 Å². The number of thioether (sulfide) groups is 1. The van der Waals surface area contributed by atoms with Gasteiger partial charge in [0.15, 0.2) is 0 Å². The Morgan fingerprint density at radius 1 is 1.50 bits per heavy atom. The summed E-state index contributed by atoms with van der Waals surface area (Å²) in [4.78, 5) is 0. The second kappa shape index (κ2) is 5.34. The van der Waals surface area contributed by atoms with Crippen LogP contribution in [0.25, 0.3) is 0 Å². The normalized spacial score (nSPS) is 28.1. The van der Waals surface area contributed by atoms with Crippen LogP contribution in [0, 0.1) is 0 Å². The molecule has 0 bridgehead atoms. The van der Waals surface area contributed by atoms with Gasteiger partial charge >= 0.3 is 0 Å². The Kier molecular flexibility index (Phi) is 4.69. The third-order valence-electron chi connectivity index (χ3n) is 2.45. The Hall–Kier alpha value is 0.220. The molecule has 2 unspecified atom stereocenters. The molecule has 1 rings (SSSR count). The van der Waals surface area contributed by atoms with Crippen LogP contribution in [0.4, 0.5) is 0 Å². The van der Waals surface area contributed by atoms with Crippen LogP contribution in [-0.2, 0) is 10.0 Å². The van der Waals surface area contributed by atoms with E-state index in [0.29, 0.717) is 5.25 Å². The Morgan fingerprint density at radius 2 is 2.21 bits per heavy atom. The number of rotatable bonds is 5. The van der Waals surface area contributed by atoms with E-state index < -0.39 is 10.0 Å². The first kappa shape index (κ1) is 12.3. The minimum atomic E-state index is -3.13. The van der Waals surface area contributed by atoms with E-state index in [2.05, 4.69) is 11.0 Å². The highest BCUT2D eigenvalue weighted by atomic mass is 32.2. The van der Waals surface area contributed by atoms with Gasteiger partial charge in [-0.2, -0.15) is 11.8 Å². The molecule has 1 saturated carbocycles. The van der Waals surface area contributed by atoms with Crippen LogP contribution in [0.1, 0.15) is 19.3 Å². The molecule has 1 aliphatic rings. The van der Waals surface area contributed by atoms with E-state index in [9.17, 15) is 8.42 Å². The molecular weight excluding hydrogens is 220 g/mol. The van der Waals surface area contributed by atoms with Gasteiger partial charge in [-0.3, -0.25) is 0 Å². The van der Waals surface area contributed by atoms with Crippen LogP contribution in [0.5, 0.6) is 0 Å². The molecule has 1 fully saturated rings. The van der Waals surface area contributed by atoms with E-state index in [1.54, 1.807) is 0 Å². The molecule has 84 valence electrons. The molecular formula is C8H18N2O2S2. The van der Waals surface area contributed by atoms with Crippen LogP contribution >= 0.6 is 11.8 Å². The maximum Gasteiger partial charge on any atom is 0.213 e. The van der Waals surface area contributed by atoms with Gasteiger partial charge in [0.1, 0.15) is 0 Å². The van der Waals surface area contributed by atoms with Crippen molar-refractivity contribution in [3.05, 3.63) is 0 Å². The standard InChI is InChI=1S/C8H18N2O2S2/c1-13-8-3-2-7(6-8)10-14(11,12)5-4-9/h7-8,10H,2-6,9H2,1H3. The van der Waals surface area contributed by atoms with Gasteiger partial charge < -0.3 is 5.73 Å². The number of nitrogens with one attached hydrogen (secondary N) is 1. The third-order valence-corrected chi connectivity index (χ3v) is 5.01. The maximum absolute atomic E-state index is 11.4. The highest BCUT2D eigenvalue weighted by Crippen LogP contribution is 2.28. The fourth-order valence-electron chi connectivity index (χ4n) is 1.73. The van der Waals surface area contributed by atoms with Crippen LogP contribution in [0.2, 0.25) is 0 Å². The molecule has 0 heterocycles. The van der Waals surface area contributed by atoms with E-state index in [1.807, 2.05) is 11.8 Å². The summed E-state index contributed by atoms with van der Waals surface area (Å²) in [7, 11) is -3.13. The van der Waals surface area contributed by atoms with Gasteiger partial charge in [0.25, 0.3) is 0 Å². The van der Waals surface area contributed by atoms with Crippen molar-refractivity contribution in [2.24, 2.45) is 5.73 Å². The largest absolute Gasteiger partial charge is 0.329 e. The molecule has 0 radical (unpaired) electrons. The summed E-state index contributed by atoms with van der Waals surface area (Å²) in [5, 5.41) is 0.612. The molecule has 0 aromatic rings. The van der Waals surface area contributed by atoms with E-state index in [0.717, 1.165) is 19.3 Å². The lowest BCUT2D eigenvalue weighted by atomic mass is 10.3. The number of sulfonamides is 1. The monoisotopic (exact) mass is 238 g/mol. The maximum atomic E-state index is 11.4. The minimum absolute atomic E-state index is 0.0352. The first-order valence-electron chi connectivity index (χ1n) is 4.80. The van der Waals surface area contributed by atoms with Crippen molar-refractivity contribution in [3.8, 4) is 0 Å². The molecule has 4 nitrogen and oxygen atoms in total. The molecule has 0 saturated heterocycles. The van der Waals surface area contributed by atoms with Crippen molar-refractivity contribution in [2.45, 2.75) is 30.6 Å². The summed E-state index contributed by atoms with van der Waals surface area (Å²) in [6, 6.07) is 0.129. The minimum Gasteiger partial charge on any atom is -0.329 e. The zero-order valence-electron chi connectivity index (χ0n) is 8.40. The first-order chi connectivity index (χ1) is 6.57. The molecule has 0 aromatic heterocycles. The molecule has 1 aliphatic carbocycles. The summed E-state index contributed by atoms with van der Waals surface area (Å²) < 4.78 is 25.5. The fourth-order valence-corrected chi connectivity index (χ4v) is 3.68. The quantitative estimate of drug-likeness (QED) is 0.715. The van der Waals surface area contributed by atoms with Crippen molar-refractivity contribution >= 4 is 21.8 Å². The first-order valence-corrected chi connectivity index (χ1v) is 7.74. The van der Waals surface area contributed by atoms with Gasteiger partial charge in [-0.1, -0.05) is 0 Å². The lowest BCUT2D eigenvalue weighted by molar-refractivity contribution is 0.552. The number of nitrogens with two attached hydrogens (primary N) is 1. The van der Waals surface area contributed by atoms with Crippen LogP contribution in [-0.4, -0.2) is 38.3 Å². The molecule has 0 spiro atoms. The predicted octanol–water partition coefficient (Wildman–Crippen LogP) is 0.149. The predicted molar refractivity (Wildman–Crippen MR) is 60.9 cm³/mol. The summed E-state index contributed by atoms with van der Waals surface area (Å²) in [6.45, 7) is 0.189. The highest BCUT2D eigenvalue weighted by molar-refractivity contribution is 7.99. The Morgan fingerprint density at radius 3 is 2.71 bits per heavy atom. The summed E-state index contributed by atoms with van der Waals surface area (Å²) in [5.74, 6) is 0.0352. The highest BCUT2D eigenvalue weighted by Gasteiger charge is 2.26. The Labute approximate surface area is 90.1 Å². The zero-order valence-corrected chi connectivity index (χ0v) is 10.0. The second-order valence-corrected chi connectivity index (χ2v) is 6.60. The average molecular weight is 238 g/mol. The van der Waals surface area contributed by atoms with E-state index in [-0.39, 0.29) is 18.3 Å². The third kappa shape index (κ3) is 3.76. The van der Waals surface area contributed by atoms with Gasteiger partial charge in [0.2, 0.25) is 10.0 Å². The van der Waals surface area contributed by atoms with E-state index in [4.69, 9.17) is 5.73 Å². The average Bonchev–Trinajstić information content (AvgIpc) is 2.51.